The zero-order valence-electron chi connectivity index (χ0n) is 30.9. The average Bonchev–Trinajstić information content (AvgIpc) is 3.43. The number of anilines is 2. The zero-order chi connectivity index (χ0) is 35.9. The van der Waals surface area contributed by atoms with Gasteiger partial charge in [0.1, 0.15) is 0 Å². The predicted molar refractivity (Wildman–Crippen MR) is 225 cm³/mol. The maximum atomic E-state index is 2.50. The molecule has 10 rings (SSSR count). The molecule has 0 amide bonds. The zero-order valence-corrected chi connectivity index (χ0v) is 30.9. The van der Waals surface area contributed by atoms with E-state index in [0.717, 1.165) is 12.8 Å². The van der Waals surface area contributed by atoms with Gasteiger partial charge in [-0.1, -0.05) is 155 Å². The van der Waals surface area contributed by atoms with Crippen LogP contribution in [-0.4, -0.2) is 0 Å². The molecule has 0 fully saturated rings. The Kier molecular flexibility index (Phi) is 7.08. The normalized spacial score (nSPS) is 15.7. The molecule has 0 radical (unpaired) electrons. The summed E-state index contributed by atoms with van der Waals surface area (Å²) in [4.78, 5) is 2.50. The molecule has 0 bridgehead atoms. The number of allylic oxidation sites excluding steroid dienone is 3. The summed E-state index contributed by atoms with van der Waals surface area (Å²) in [6.07, 6.45) is 9.14. The maximum absolute atomic E-state index is 2.50. The van der Waals surface area contributed by atoms with Crippen LogP contribution in [0.5, 0.6) is 0 Å². The lowest BCUT2D eigenvalue weighted by atomic mass is 9.67. The highest BCUT2D eigenvalue weighted by Gasteiger charge is 2.37. The molecule has 0 spiro atoms. The largest absolute Gasteiger partial charge is 0.310 e. The van der Waals surface area contributed by atoms with Crippen LogP contribution >= 0.6 is 0 Å². The highest BCUT2D eigenvalue weighted by molar-refractivity contribution is 6.10. The first-order valence-electron chi connectivity index (χ1n) is 19.1. The van der Waals surface area contributed by atoms with Crippen LogP contribution in [0.25, 0.3) is 55.3 Å². The Hall–Kier alpha value is -5.92. The predicted octanol–water partition coefficient (Wildman–Crippen LogP) is 14.2. The Morgan fingerprint density at radius 1 is 0.472 bits per heavy atom. The van der Waals surface area contributed by atoms with E-state index in [4.69, 9.17) is 0 Å². The second-order valence-corrected chi connectivity index (χ2v) is 16.0. The van der Waals surface area contributed by atoms with E-state index in [1.165, 1.54) is 94.6 Å². The molecule has 0 aliphatic heterocycles. The molecule has 53 heavy (non-hydrogen) atoms. The van der Waals surface area contributed by atoms with Crippen molar-refractivity contribution < 1.29 is 0 Å². The van der Waals surface area contributed by atoms with Gasteiger partial charge < -0.3 is 4.90 Å². The van der Waals surface area contributed by atoms with Gasteiger partial charge in [0.15, 0.2) is 0 Å². The summed E-state index contributed by atoms with van der Waals surface area (Å²) in [6, 6.07) is 54.7. The molecule has 3 aliphatic carbocycles. The Labute approximate surface area is 313 Å². The van der Waals surface area contributed by atoms with Crippen molar-refractivity contribution in [2.24, 2.45) is 0 Å². The minimum atomic E-state index is -0.160. The molecule has 7 aromatic rings. The molecule has 0 saturated heterocycles. The lowest BCUT2D eigenvalue weighted by Gasteiger charge is -2.38. The molecule has 3 aliphatic rings. The first kappa shape index (κ1) is 31.8. The van der Waals surface area contributed by atoms with Crippen LogP contribution in [0.4, 0.5) is 11.4 Å². The molecule has 0 atom stereocenters. The third-order valence-corrected chi connectivity index (χ3v) is 12.3. The monoisotopic (exact) mass is 681 g/mol. The average molecular weight is 682 g/mol. The van der Waals surface area contributed by atoms with Gasteiger partial charge in [-0.05, 0) is 121 Å². The van der Waals surface area contributed by atoms with Crippen LogP contribution in [0.1, 0.15) is 62.8 Å². The first-order chi connectivity index (χ1) is 25.8. The fourth-order valence-corrected chi connectivity index (χ4v) is 9.48. The first-order valence-corrected chi connectivity index (χ1v) is 19.1. The minimum Gasteiger partial charge on any atom is -0.310 e. The van der Waals surface area contributed by atoms with Crippen LogP contribution in [0.15, 0.2) is 170 Å². The number of hydrogen-bond donors (Lipinski definition) is 0. The fourth-order valence-electron chi connectivity index (χ4n) is 9.48. The number of benzene rings is 7. The van der Waals surface area contributed by atoms with Crippen molar-refractivity contribution >= 4 is 22.1 Å². The van der Waals surface area contributed by atoms with Gasteiger partial charge in [0, 0.05) is 27.8 Å². The third kappa shape index (κ3) is 4.84. The van der Waals surface area contributed by atoms with Crippen molar-refractivity contribution in [2.45, 2.75) is 51.4 Å². The van der Waals surface area contributed by atoms with E-state index in [9.17, 15) is 0 Å². The summed E-state index contributed by atoms with van der Waals surface area (Å²) >= 11 is 0. The van der Waals surface area contributed by atoms with Crippen LogP contribution in [0.2, 0.25) is 0 Å². The van der Waals surface area contributed by atoms with E-state index in [-0.39, 0.29) is 10.8 Å². The third-order valence-electron chi connectivity index (χ3n) is 12.3. The topological polar surface area (TPSA) is 3.24 Å². The quantitative estimate of drug-likeness (QED) is 0.175. The van der Waals surface area contributed by atoms with Gasteiger partial charge in [-0.15, -0.1) is 0 Å². The molecular weight excluding hydrogens is 639 g/mol. The summed E-state index contributed by atoms with van der Waals surface area (Å²) < 4.78 is 0. The Balaban J connectivity index is 1.19. The minimum absolute atomic E-state index is 0.0480. The van der Waals surface area contributed by atoms with E-state index < -0.39 is 0 Å². The van der Waals surface area contributed by atoms with Crippen molar-refractivity contribution in [1.29, 1.82) is 0 Å². The number of nitrogens with zero attached hydrogens (tertiary/aromatic N) is 1. The van der Waals surface area contributed by atoms with Gasteiger partial charge in [0.25, 0.3) is 0 Å². The van der Waals surface area contributed by atoms with Crippen LogP contribution in [0.3, 0.4) is 0 Å². The summed E-state index contributed by atoms with van der Waals surface area (Å²) in [5, 5.41) is 2.64. The van der Waals surface area contributed by atoms with Gasteiger partial charge in [-0.25, -0.2) is 0 Å². The van der Waals surface area contributed by atoms with Crippen molar-refractivity contribution in [3.63, 3.8) is 0 Å². The second kappa shape index (κ2) is 11.8. The van der Waals surface area contributed by atoms with Crippen molar-refractivity contribution in [2.75, 3.05) is 4.90 Å². The van der Waals surface area contributed by atoms with E-state index in [1.54, 1.807) is 0 Å². The van der Waals surface area contributed by atoms with Gasteiger partial charge in [-0.3, -0.25) is 0 Å². The molecule has 1 heteroatoms. The van der Waals surface area contributed by atoms with E-state index in [0.29, 0.717) is 0 Å². The molecule has 7 aromatic carbocycles. The number of fused-ring (bicyclic) bond motifs is 5. The van der Waals surface area contributed by atoms with Crippen molar-refractivity contribution in [1.82, 2.24) is 0 Å². The molecule has 0 aromatic heterocycles. The van der Waals surface area contributed by atoms with E-state index in [1.807, 2.05) is 0 Å². The molecule has 1 nitrogen and oxygen atoms in total. The Bertz CT molecular complexity index is 2650. The molecule has 0 heterocycles. The summed E-state index contributed by atoms with van der Waals surface area (Å²) in [5.41, 5.74) is 19.3. The van der Waals surface area contributed by atoms with Gasteiger partial charge in [-0.2, -0.15) is 0 Å². The molecule has 0 unspecified atom stereocenters. The molecule has 0 N–H and O–H groups in total. The van der Waals surface area contributed by atoms with E-state index in [2.05, 4.69) is 196 Å². The van der Waals surface area contributed by atoms with E-state index >= 15 is 0 Å². The summed E-state index contributed by atoms with van der Waals surface area (Å²) in [7, 11) is 0. The SMILES string of the molecule is CC1(C)c2ccccc2-c2ccc(-c3ccc4c(c3)-c3c(N(C5=CCCC=C5)c5ccc(-c6ccccc6)cc5)ccc5cccc(c35)C4(C)C)cc21. The fraction of sp³-hybridized carbons (Fsp3) is 0.154. The van der Waals surface area contributed by atoms with Crippen molar-refractivity contribution in [3.8, 4) is 44.5 Å². The lowest BCUT2D eigenvalue weighted by Crippen LogP contribution is -2.25. The second-order valence-electron chi connectivity index (χ2n) is 16.0. The number of hydrogen-bond acceptors (Lipinski definition) is 1. The highest BCUT2D eigenvalue weighted by Crippen LogP contribution is 2.55. The summed E-state index contributed by atoms with van der Waals surface area (Å²) in [5.74, 6) is 0. The van der Waals surface area contributed by atoms with Crippen LogP contribution in [0, 0.1) is 0 Å². The Morgan fingerprint density at radius 3 is 1.94 bits per heavy atom. The van der Waals surface area contributed by atoms with Gasteiger partial charge >= 0.3 is 0 Å². The Morgan fingerprint density at radius 2 is 1.13 bits per heavy atom. The number of rotatable bonds is 5. The van der Waals surface area contributed by atoms with Crippen molar-refractivity contribution in [3.05, 3.63) is 192 Å². The van der Waals surface area contributed by atoms with Gasteiger partial charge in [0.05, 0.1) is 5.69 Å². The molecular formula is C52H43N. The van der Waals surface area contributed by atoms with Crippen LogP contribution < -0.4 is 4.90 Å². The molecule has 0 saturated carbocycles. The smallest absolute Gasteiger partial charge is 0.0546 e. The standard InChI is InChI=1S/C52H43N/c1-51(2)45-30-25-37(38-24-29-42-41-19-11-12-20-44(41)52(3,4)47(42)33-38)32-43(45)50-48(31-26-36-16-13-21-46(51)49(36)50)53(39-17-9-6-10-18-39)40-27-22-35(23-28-40)34-14-7-5-8-15-34/h5,7-9,11-33H,6,10H2,1-4H3. The van der Waals surface area contributed by atoms with Crippen LogP contribution in [-0.2, 0) is 10.8 Å². The van der Waals surface area contributed by atoms with Gasteiger partial charge in [0.2, 0.25) is 0 Å². The highest BCUT2D eigenvalue weighted by atomic mass is 15.1. The lowest BCUT2D eigenvalue weighted by molar-refractivity contribution is 0.645. The molecule has 256 valence electrons. The maximum Gasteiger partial charge on any atom is 0.0546 e. The summed E-state index contributed by atoms with van der Waals surface area (Å²) in [6.45, 7) is 9.54.